The second-order valence-electron chi connectivity index (χ2n) is 5.25. The van der Waals surface area contributed by atoms with Crippen molar-refractivity contribution in [2.75, 3.05) is 0 Å². The molecule has 0 radical (unpaired) electrons. The highest BCUT2D eigenvalue weighted by Crippen LogP contribution is 2.35. The van der Waals surface area contributed by atoms with Gasteiger partial charge >= 0.3 is 5.97 Å². The molecule has 92 valence electrons. The van der Waals surface area contributed by atoms with Crippen LogP contribution >= 0.6 is 0 Å². The largest absolute Gasteiger partial charge is 0.481 e. The lowest BCUT2D eigenvalue weighted by Gasteiger charge is -2.20. The van der Waals surface area contributed by atoms with Crippen molar-refractivity contribution in [1.82, 2.24) is 5.48 Å². The maximum Gasteiger partial charge on any atom is 0.316 e. The molecule has 1 saturated carbocycles. The second kappa shape index (κ2) is 4.82. The molecule has 0 saturated heterocycles. The summed E-state index contributed by atoms with van der Waals surface area (Å²) in [5.41, 5.74) is 1.70. The van der Waals surface area contributed by atoms with Crippen LogP contribution < -0.4 is 5.48 Å². The summed E-state index contributed by atoms with van der Waals surface area (Å²) in [5.74, 6) is -2.24. The molecule has 0 aromatic heterocycles. The summed E-state index contributed by atoms with van der Waals surface area (Å²) in [6.07, 6.45) is 2.46. The van der Waals surface area contributed by atoms with Gasteiger partial charge in [0.1, 0.15) is 5.92 Å². The van der Waals surface area contributed by atoms with Gasteiger partial charge in [0.05, 0.1) is 5.60 Å². The summed E-state index contributed by atoms with van der Waals surface area (Å²) in [6, 6.07) is 0. The van der Waals surface area contributed by atoms with Gasteiger partial charge in [-0.25, -0.2) is 5.48 Å². The molecule has 1 aliphatic rings. The first-order valence-corrected chi connectivity index (χ1v) is 5.50. The zero-order valence-corrected chi connectivity index (χ0v) is 9.95. The Labute approximate surface area is 95.1 Å². The summed E-state index contributed by atoms with van der Waals surface area (Å²) < 4.78 is 0. The number of nitrogens with one attached hydrogen (secondary N) is 1. The minimum Gasteiger partial charge on any atom is -0.481 e. The van der Waals surface area contributed by atoms with Crippen molar-refractivity contribution in [3.8, 4) is 0 Å². The standard InChI is InChI=1S/C11H19NO4/c1-11(2,3)16-12-9(13)8(10(14)15)6-7-4-5-7/h7-8H,4-6H2,1-3H3,(H,12,13)(H,14,15). The van der Waals surface area contributed by atoms with Gasteiger partial charge in [0.25, 0.3) is 5.91 Å². The van der Waals surface area contributed by atoms with E-state index in [1.54, 1.807) is 20.8 Å². The topological polar surface area (TPSA) is 75.6 Å². The first-order chi connectivity index (χ1) is 7.29. The number of carbonyl (C=O) groups is 2. The van der Waals surface area contributed by atoms with Gasteiger partial charge in [0.15, 0.2) is 0 Å². The van der Waals surface area contributed by atoms with Crippen LogP contribution in [0.25, 0.3) is 0 Å². The summed E-state index contributed by atoms with van der Waals surface area (Å²) in [4.78, 5) is 27.6. The maximum atomic E-state index is 11.6. The molecule has 0 aromatic rings. The van der Waals surface area contributed by atoms with Gasteiger partial charge in [-0.2, -0.15) is 0 Å². The molecule has 5 heteroatoms. The molecule has 2 N–H and O–H groups in total. The fourth-order valence-electron chi connectivity index (χ4n) is 1.28. The summed E-state index contributed by atoms with van der Waals surface area (Å²) >= 11 is 0. The van der Waals surface area contributed by atoms with Gasteiger partial charge < -0.3 is 5.11 Å². The van der Waals surface area contributed by atoms with Gasteiger partial charge in [0.2, 0.25) is 0 Å². The Balaban J connectivity index is 2.43. The zero-order valence-electron chi connectivity index (χ0n) is 9.95. The van der Waals surface area contributed by atoms with Crippen molar-refractivity contribution in [2.24, 2.45) is 11.8 Å². The molecule has 1 amide bonds. The van der Waals surface area contributed by atoms with E-state index in [1.807, 2.05) is 0 Å². The smallest absolute Gasteiger partial charge is 0.316 e. The van der Waals surface area contributed by atoms with Crippen LogP contribution in [-0.4, -0.2) is 22.6 Å². The van der Waals surface area contributed by atoms with Crippen LogP contribution in [0.2, 0.25) is 0 Å². The summed E-state index contributed by atoms with van der Waals surface area (Å²) in [6.45, 7) is 5.35. The molecule has 0 aromatic carbocycles. The lowest BCUT2D eigenvalue weighted by molar-refractivity contribution is -0.159. The highest BCUT2D eigenvalue weighted by Gasteiger charge is 2.34. The first-order valence-electron chi connectivity index (χ1n) is 5.50. The van der Waals surface area contributed by atoms with Gasteiger partial charge in [-0.05, 0) is 33.1 Å². The van der Waals surface area contributed by atoms with Crippen LogP contribution in [0.5, 0.6) is 0 Å². The fourth-order valence-corrected chi connectivity index (χ4v) is 1.28. The lowest BCUT2D eigenvalue weighted by Crippen LogP contribution is -2.40. The Morgan fingerprint density at radius 3 is 2.38 bits per heavy atom. The maximum absolute atomic E-state index is 11.6. The third kappa shape index (κ3) is 4.61. The number of aliphatic carboxylic acids is 1. The third-order valence-electron chi connectivity index (χ3n) is 2.34. The van der Waals surface area contributed by atoms with Gasteiger partial charge in [-0.1, -0.05) is 12.8 Å². The van der Waals surface area contributed by atoms with Crippen LogP contribution in [0.3, 0.4) is 0 Å². The Kier molecular flexibility index (Phi) is 3.91. The van der Waals surface area contributed by atoms with Crippen LogP contribution in [0.1, 0.15) is 40.0 Å². The molecule has 1 fully saturated rings. The SMILES string of the molecule is CC(C)(C)ONC(=O)C(CC1CC1)C(=O)O. The van der Waals surface area contributed by atoms with E-state index in [9.17, 15) is 9.59 Å². The molecule has 0 aliphatic heterocycles. The van der Waals surface area contributed by atoms with Crippen molar-refractivity contribution in [1.29, 1.82) is 0 Å². The molecule has 16 heavy (non-hydrogen) atoms. The average molecular weight is 229 g/mol. The van der Waals surface area contributed by atoms with Crippen LogP contribution in [0.4, 0.5) is 0 Å². The van der Waals surface area contributed by atoms with Crippen molar-refractivity contribution in [3.05, 3.63) is 0 Å². The Morgan fingerprint density at radius 1 is 1.44 bits per heavy atom. The zero-order chi connectivity index (χ0) is 12.3. The van der Waals surface area contributed by atoms with Crippen molar-refractivity contribution in [2.45, 2.75) is 45.6 Å². The number of carbonyl (C=O) groups excluding carboxylic acids is 1. The normalized spacial score (nSPS) is 17.9. The molecule has 1 unspecified atom stereocenters. The quantitative estimate of drug-likeness (QED) is 0.551. The fraction of sp³-hybridized carbons (Fsp3) is 0.818. The predicted octanol–water partition coefficient (Wildman–Crippen LogP) is 1.33. The third-order valence-corrected chi connectivity index (χ3v) is 2.34. The van der Waals surface area contributed by atoms with Gasteiger partial charge in [-0.15, -0.1) is 0 Å². The van der Waals surface area contributed by atoms with Crippen molar-refractivity contribution < 1.29 is 19.5 Å². The van der Waals surface area contributed by atoms with Crippen molar-refractivity contribution in [3.63, 3.8) is 0 Å². The van der Waals surface area contributed by atoms with Gasteiger partial charge in [0, 0.05) is 0 Å². The minimum absolute atomic E-state index is 0.390. The molecule has 0 spiro atoms. The van der Waals surface area contributed by atoms with Crippen LogP contribution in [0, 0.1) is 11.8 Å². The van der Waals surface area contributed by atoms with E-state index in [4.69, 9.17) is 9.94 Å². The molecule has 0 heterocycles. The van der Waals surface area contributed by atoms with E-state index in [2.05, 4.69) is 5.48 Å². The monoisotopic (exact) mass is 229 g/mol. The Morgan fingerprint density at radius 2 is 2.00 bits per heavy atom. The van der Waals surface area contributed by atoms with Crippen LogP contribution in [0.15, 0.2) is 0 Å². The second-order valence-corrected chi connectivity index (χ2v) is 5.25. The lowest BCUT2D eigenvalue weighted by atomic mass is 10.0. The Bertz CT molecular complexity index is 278. The number of amides is 1. The Hall–Kier alpha value is -1.10. The molecule has 1 aliphatic carbocycles. The molecule has 0 bridgehead atoms. The molecule has 1 rings (SSSR count). The summed E-state index contributed by atoms with van der Waals surface area (Å²) in [7, 11) is 0. The van der Waals surface area contributed by atoms with Crippen molar-refractivity contribution >= 4 is 11.9 Å². The molecule has 5 nitrogen and oxygen atoms in total. The van der Waals surface area contributed by atoms with E-state index in [0.717, 1.165) is 12.8 Å². The van der Waals surface area contributed by atoms with E-state index in [1.165, 1.54) is 0 Å². The number of rotatable bonds is 5. The van der Waals surface area contributed by atoms with E-state index >= 15 is 0 Å². The van der Waals surface area contributed by atoms with Gasteiger partial charge in [-0.3, -0.25) is 14.4 Å². The van der Waals surface area contributed by atoms with E-state index in [0.29, 0.717) is 12.3 Å². The van der Waals surface area contributed by atoms with Crippen LogP contribution in [-0.2, 0) is 14.4 Å². The van der Waals surface area contributed by atoms with E-state index < -0.39 is 23.4 Å². The highest BCUT2D eigenvalue weighted by molar-refractivity contribution is 5.96. The minimum atomic E-state index is -1.08. The molecule has 1 atom stereocenters. The molecular weight excluding hydrogens is 210 g/mol. The number of hydrogen-bond acceptors (Lipinski definition) is 3. The number of carboxylic acids is 1. The number of carboxylic acid groups (broad SMARTS) is 1. The summed E-state index contributed by atoms with van der Waals surface area (Å²) in [5, 5.41) is 8.93. The average Bonchev–Trinajstić information content (AvgIpc) is 2.92. The molecular formula is C11H19NO4. The number of hydrogen-bond donors (Lipinski definition) is 2. The highest BCUT2D eigenvalue weighted by atomic mass is 16.7. The van der Waals surface area contributed by atoms with E-state index in [-0.39, 0.29) is 0 Å². The predicted molar refractivity (Wildman–Crippen MR) is 57.4 cm³/mol. The first kappa shape index (κ1) is 13.0. The number of hydroxylamine groups is 1.